The molecule has 6 heteroatoms. The number of rotatable bonds is 5. The first-order valence-corrected chi connectivity index (χ1v) is 6.21. The standard InChI is InChI=1S/C11H14BrClN2O2/c1-17-8(6-14)5-11(16)15-10-3-2-7(13)4-9(10)12/h2-4,8H,5-6,14H2,1H3,(H,15,16). The van der Waals surface area contributed by atoms with Crippen LogP contribution in [0.1, 0.15) is 6.42 Å². The highest BCUT2D eigenvalue weighted by Crippen LogP contribution is 2.26. The van der Waals surface area contributed by atoms with Crippen LogP contribution in [0.25, 0.3) is 0 Å². The molecule has 0 saturated heterocycles. The second kappa shape index (κ2) is 6.96. The first-order chi connectivity index (χ1) is 8.06. The van der Waals surface area contributed by atoms with Gasteiger partial charge in [-0.15, -0.1) is 0 Å². The molecule has 1 atom stereocenters. The van der Waals surface area contributed by atoms with Crippen molar-refractivity contribution in [1.29, 1.82) is 0 Å². The number of hydrogen-bond acceptors (Lipinski definition) is 3. The monoisotopic (exact) mass is 320 g/mol. The molecule has 4 nitrogen and oxygen atoms in total. The summed E-state index contributed by atoms with van der Waals surface area (Å²) in [6.45, 7) is 0.311. The molecule has 94 valence electrons. The van der Waals surface area contributed by atoms with E-state index in [-0.39, 0.29) is 18.4 Å². The molecular formula is C11H14BrClN2O2. The lowest BCUT2D eigenvalue weighted by atomic mass is 10.2. The van der Waals surface area contributed by atoms with Crippen molar-refractivity contribution >= 4 is 39.1 Å². The lowest BCUT2D eigenvalue weighted by Gasteiger charge is -2.13. The summed E-state index contributed by atoms with van der Waals surface area (Å²) in [4.78, 5) is 11.7. The molecule has 0 aromatic heterocycles. The van der Waals surface area contributed by atoms with E-state index in [4.69, 9.17) is 22.1 Å². The van der Waals surface area contributed by atoms with Crippen LogP contribution in [-0.4, -0.2) is 25.7 Å². The largest absolute Gasteiger partial charge is 0.380 e. The number of amides is 1. The number of halogens is 2. The molecule has 1 aromatic carbocycles. The van der Waals surface area contributed by atoms with E-state index >= 15 is 0 Å². The summed E-state index contributed by atoms with van der Waals surface area (Å²) in [7, 11) is 1.53. The zero-order chi connectivity index (χ0) is 12.8. The van der Waals surface area contributed by atoms with Gasteiger partial charge in [0.15, 0.2) is 0 Å². The summed E-state index contributed by atoms with van der Waals surface area (Å²) in [6, 6.07) is 5.15. The van der Waals surface area contributed by atoms with Gasteiger partial charge in [0.1, 0.15) is 0 Å². The van der Waals surface area contributed by atoms with Gasteiger partial charge >= 0.3 is 0 Å². The molecule has 0 aliphatic heterocycles. The Balaban J connectivity index is 2.62. The summed E-state index contributed by atoms with van der Waals surface area (Å²) >= 11 is 9.12. The van der Waals surface area contributed by atoms with Gasteiger partial charge in [-0.1, -0.05) is 11.6 Å². The number of hydrogen-bond donors (Lipinski definition) is 2. The van der Waals surface area contributed by atoms with Crippen molar-refractivity contribution in [3.63, 3.8) is 0 Å². The number of carbonyl (C=O) groups is 1. The van der Waals surface area contributed by atoms with E-state index < -0.39 is 0 Å². The minimum Gasteiger partial charge on any atom is -0.380 e. The Hall–Kier alpha value is -0.620. The molecular weight excluding hydrogens is 307 g/mol. The third kappa shape index (κ3) is 4.63. The van der Waals surface area contributed by atoms with Crippen molar-refractivity contribution in [2.45, 2.75) is 12.5 Å². The fourth-order valence-corrected chi connectivity index (χ4v) is 2.04. The van der Waals surface area contributed by atoms with Crippen LogP contribution in [-0.2, 0) is 9.53 Å². The van der Waals surface area contributed by atoms with E-state index in [0.29, 0.717) is 17.3 Å². The average Bonchev–Trinajstić information content (AvgIpc) is 2.29. The predicted molar refractivity (Wildman–Crippen MR) is 72.3 cm³/mol. The van der Waals surface area contributed by atoms with Crippen molar-refractivity contribution < 1.29 is 9.53 Å². The Morgan fingerprint density at radius 1 is 1.65 bits per heavy atom. The smallest absolute Gasteiger partial charge is 0.227 e. The minimum atomic E-state index is -0.263. The number of ether oxygens (including phenoxy) is 1. The van der Waals surface area contributed by atoms with Crippen LogP contribution in [0.15, 0.2) is 22.7 Å². The van der Waals surface area contributed by atoms with Crippen LogP contribution in [0.5, 0.6) is 0 Å². The third-order valence-electron chi connectivity index (χ3n) is 2.21. The highest BCUT2D eigenvalue weighted by molar-refractivity contribution is 9.10. The van der Waals surface area contributed by atoms with E-state index in [1.165, 1.54) is 7.11 Å². The quantitative estimate of drug-likeness (QED) is 0.875. The van der Waals surface area contributed by atoms with E-state index in [9.17, 15) is 4.79 Å². The zero-order valence-corrected chi connectivity index (χ0v) is 11.7. The molecule has 1 amide bonds. The highest BCUT2D eigenvalue weighted by atomic mass is 79.9. The molecule has 1 unspecified atom stereocenters. The Bertz CT molecular complexity index is 397. The summed E-state index contributed by atoms with van der Waals surface area (Å²) in [6.07, 6.45) is -0.0386. The van der Waals surface area contributed by atoms with E-state index in [2.05, 4.69) is 21.2 Å². The normalized spacial score (nSPS) is 12.2. The summed E-state index contributed by atoms with van der Waals surface area (Å²) in [5.41, 5.74) is 6.12. The molecule has 0 aliphatic rings. The van der Waals surface area contributed by atoms with Gasteiger partial charge in [-0.2, -0.15) is 0 Å². The summed E-state index contributed by atoms with van der Waals surface area (Å²) < 4.78 is 5.77. The predicted octanol–water partition coefficient (Wildman–Crippen LogP) is 2.40. The topological polar surface area (TPSA) is 64.3 Å². The SMILES string of the molecule is COC(CN)CC(=O)Nc1ccc(Cl)cc1Br. The molecule has 0 bridgehead atoms. The first kappa shape index (κ1) is 14.4. The van der Waals surface area contributed by atoms with Crippen molar-refractivity contribution in [3.05, 3.63) is 27.7 Å². The third-order valence-corrected chi connectivity index (χ3v) is 3.11. The Labute approximate surface area is 114 Å². The van der Waals surface area contributed by atoms with Crippen LogP contribution in [0.2, 0.25) is 5.02 Å². The van der Waals surface area contributed by atoms with Crippen molar-refractivity contribution in [2.24, 2.45) is 5.73 Å². The maximum absolute atomic E-state index is 11.7. The second-order valence-corrected chi connectivity index (χ2v) is 4.76. The van der Waals surface area contributed by atoms with Gasteiger partial charge in [0.2, 0.25) is 5.91 Å². The van der Waals surface area contributed by atoms with Crippen LogP contribution in [0, 0.1) is 0 Å². The lowest BCUT2D eigenvalue weighted by Crippen LogP contribution is -2.28. The Morgan fingerprint density at radius 3 is 2.88 bits per heavy atom. The van der Waals surface area contributed by atoms with Gasteiger partial charge in [-0.3, -0.25) is 4.79 Å². The fourth-order valence-electron chi connectivity index (χ4n) is 1.26. The van der Waals surface area contributed by atoms with Gasteiger partial charge in [0.25, 0.3) is 0 Å². The molecule has 0 saturated carbocycles. The number of nitrogens with two attached hydrogens (primary N) is 1. The molecule has 0 aliphatic carbocycles. The fraction of sp³-hybridized carbons (Fsp3) is 0.364. The van der Waals surface area contributed by atoms with Crippen LogP contribution in [0.3, 0.4) is 0 Å². The van der Waals surface area contributed by atoms with Crippen LogP contribution < -0.4 is 11.1 Å². The van der Waals surface area contributed by atoms with E-state index in [1.54, 1.807) is 18.2 Å². The number of anilines is 1. The Kier molecular flexibility index (Phi) is 5.91. The second-order valence-electron chi connectivity index (χ2n) is 3.47. The van der Waals surface area contributed by atoms with Crippen LogP contribution in [0.4, 0.5) is 5.69 Å². The Morgan fingerprint density at radius 2 is 2.35 bits per heavy atom. The van der Waals surface area contributed by atoms with Crippen molar-refractivity contribution in [2.75, 3.05) is 19.0 Å². The van der Waals surface area contributed by atoms with Gasteiger partial charge in [0.05, 0.1) is 18.2 Å². The molecule has 0 radical (unpaired) electrons. The van der Waals surface area contributed by atoms with E-state index in [0.717, 1.165) is 4.47 Å². The molecule has 17 heavy (non-hydrogen) atoms. The molecule has 1 aromatic rings. The number of methoxy groups -OCH3 is 1. The van der Waals surface area contributed by atoms with Gasteiger partial charge in [0, 0.05) is 23.1 Å². The summed E-state index contributed by atoms with van der Waals surface area (Å²) in [5, 5.41) is 3.36. The summed E-state index contributed by atoms with van der Waals surface area (Å²) in [5.74, 6) is -0.148. The number of carbonyl (C=O) groups excluding carboxylic acids is 1. The lowest BCUT2D eigenvalue weighted by molar-refractivity contribution is -0.118. The number of benzene rings is 1. The van der Waals surface area contributed by atoms with E-state index in [1.807, 2.05) is 0 Å². The maximum atomic E-state index is 11.7. The number of nitrogens with one attached hydrogen (secondary N) is 1. The van der Waals surface area contributed by atoms with Gasteiger partial charge in [-0.25, -0.2) is 0 Å². The first-order valence-electron chi connectivity index (χ1n) is 5.04. The average molecular weight is 322 g/mol. The van der Waals surface area contributed by atoms with Gasteiger partial charge in [-0.05, 0) is 34.1 Å². The molecule has 0 fully saturated rings. The molecule has 0 spiro atoms. The van der Waals surface area contributed by atoms with Crippen molar-refractivity contribution in [3.8, 4) is 0 Å². The molecule has 1 rings (SSSR count). The molecule has 0 heterocycles. The van der Waals surface area contributed by atoms with Gasteiger partial charge < -0.3 is 15.8 Å². The van der Waals surface area contributed by atoms with Crippen LogP contribution >= 0.6 is 27.5 Å². The molecule has 3 N–H and O–H groups in total. The van der Waals surface area contributed by atoms with Crippen molar-refractivity contribution in [1.82, 2.24) is 0 Å². The highest BCUT2D eigenvalue weighted by Gasteiger charge is 2.12. The maximum Gasteiger partial charge on any atom is 0.227 e. The zero-order valence-electron chi connectivity index (χ0n) is 9.37. The minimum absolute atomic E-state index is 0.148.